The molecule has 0 unspecified atom stereocenters. The van der Waals surface area contributed by atoms with Crippen molar-refractivity contribution in [1.82, 2.24) is 0 Å². The van der Waals surface area contributed by atoms with Gasteiger partial charge in [-0.15, -0.1) is 0 Å². The number of ether oxygens (including phenoxy) is 4. The molecule has 2 aliphatic carbocycles. The topological polar surface area (TPSA) is 71.1 Å². The summed E-state index contributed by atoms with van der Waals surface area (Å²) in [5.41, 5.74) is 8.12. The molecule has 2 fully saturated rings. The molecule has 0 aliphatic heterocycles. The lowest BCUT2D eigenvalue weighted by atomic mass is 9.65. The van der Waals surface area contributed by atoms with Crippen molar-refractivity contribution < 1.29 is 32.9 Å². The number of rotatable bonds is 9. The molecule has 2 saturated carbocycles. The van der Waals surface area contributed by atoms with Gasteiger partial charge in [-0.1, -0.05) is 93.1 Å². The van der Waals surface area contributed by atoms with Crippen LogP contribution in [0.3, 0.4) is 0 Å². The highest BCUT2D eigenvalue weighted by atomic mass is 19.1. The summed E-state index contributed by atoms with van der Waals surface area (Å²) in [6.45, 7) is 5.23. The predicted octanol–water partition coefficient (Wildman–Crippen LogP) is 11.2. The van der Waals surface area contributed by atoms with E-state index in [1.54, 1.807) is 12.1 Å². The fourth-order valence-electron chi connectivity index (χ4n) is 8.04. The zero-order chi connectivity index (χ0) is 35.1. The van der Waals surface area contributed by atoms with E-state index >= 15 is 0 Å². The van der Waals surface area contributed by atoms with Crippen molar-refractivity contribution in [1.29, 1.82) is 0 Å². The zero-order valence-electron chi connectivity index (χ0n) is 29.4. The minimum Gasteiger partial charge on any atom is -0.431 e. The van der Waals surface area contributed by atoms with E-state index in [2.05, 4.69) is 48.9 Å². The number of benzene rings is 4. The molecule has 0 bridgehead atoms. The van der Waals surface area contributed by atoms with E-state index in [9.17, 15) is 14.0 Å². The van der Waals surface area contributed by atoms with Gasteiger partial charge in [-0.25, -0.2) is 14.0 Å². The molecule has 0 saturated heterocycles. The Labute approximate surface area is 294 Å². The van der Waals surface area contributed by atoms with Crippen LogP contribution in [-0.2, 0) is 15.6 Å². The highest BCUT2D eigenvalue weighted by molar-refractivity contribution is 5.68. The van der Waals surface area contributed by atoms with Crippen molar-refractivity contribution in [2.75, 3.05) is 13.3 Å². The maximum absolute atomic E-state index is 13.0. The molecule has 0 heterocycles. The molecule has 2 aliphatic rings. The van der Waals surface area contributed by atoms with Gasteiger partial charge in [0.25, 0.3) is 0 Å². The molecule has 0 radical (unpaired) electrons. The van der Waals surface area contributed by atoms with Crippen LogP contribution in [-0.4, -0.2) is 25.6 Å². The van der Waals surface area contributed by atoms with E-state index in [1.807, 2.05) is 49.4 Å². The lowest BCUT2D eigenvalue weighted by Gasteiger charge is -2.39. The van der Waals surface area contributed by atoms with Crippen molar-refractivity contribution >= 4 is 12.3 Å². The van der Waals surface area contributed by atoms with Gasteiger partial charge in [-0.3, -0.25) is 0 Å². The molecule has 6 nitrogen and oxygen atoms in total. The Kier molecular flexibility index (Phi) is 10.9. The molecular formula is C43H47FO6. The molecule has 0 spiro atoms. The van der Waals surface area contributed by atoms with Crippen LogP contribution in [0.5, 0.6) is 17.2 Å². The number of aryl methyl sites for hydroxylation is 3. The van der Waals surface area contributed by atoms with Crippen LogP contribution in [0.4, 0.5) is 14.0 Å². The normalized spacial score (nSPS) is 16.6. The second-order valence-electron chi connectivity index (χ2n) is 14.0. The van der Waals surface area contributed by atoms with Crippen molar-refractivity contribution in [3.8, 4) is 17.2 Å². The Morgan fingerprint density at radius 3 is 1.50 bits per heavy atom. The van der Waals surface area contributed by atoms with Gasteiger partial charge in [0, 0.05) is 10.8 Å². The maximum Gasteiger partial charge on any atom is 0.519 e. The van der Waals surface area contributed by atoms with Crippen LogP contribution in [0.15, 0.2) is 84.9 Å². The molecule has 4 aromatic carbocycles. The first-order valence-electron chi connectivity index (χ1n) is 17.9. The quantitative estimate of drug-likeness (QED) is 0.130. The molecular weight excluding hydrogens is 631 g/mol. The second-order valence-corrected chi connectivity index (χ2v) is 14.0. The fourth-order valence-corrected chi connectivity index (χ4v) is 8.04. The van der Waals surface area contributed by atoms with Crippen LogP contribution in [0, 0.1) is 20.8 Å². The summed E-state index contributed by atoms with van der Waals surface area (Å²) < 4.78 is 33.6. The minimum absolute atomic E-state index is 0.0431. The van der Waals surface area contributed by atoms with Crippen molar-refractivity contribution in [3.05, 3.63) is 124 Å². The first-order chi connectivity index (χ1) is 24.2. The van der Waals surface area contributed by atoms with Gasteiger partial charge in [0.1, 0.15) is 30.5 Å². The summed E-state index contributed by atoms with van der Waals surface area (Å²) in [7, 11) is 0. The van der Waals surface area contributed by atoms with E-state index in [0.29, 0.717) is 17.2 Å². The van der Waals surface area contributed by atoms with Gasteiger partial charge < -0.3 is 18.9 Å². The van der Waals surface area contributed by atoms with Crippen LogP contribution < -0.4 is 14.2 Å². The summed E-state index contributed by atoms with van der Waals surface area (Å²) in [5.74, 6) is 1.24. The van der Waals surface area contributed by atoms with Crippen LogP contribution in [0.1, 0.15) is 103 Å². The third-order valence-electron chi connectivity index (χ3n) is 10.9. The fraction of sp³-hybridized carbons (Fsp3) is 0.395. The Balaban J connectivity index is 1.14. The Morgan fingerprint density at radius 1 is 0.540 bits per heavy atom. The van der Waals surface area contributed by atoms with Gasteiger partial charge in [-0.05, 0) is 116 Å². The molecule has 6 rings (SSSR count). The lowest BCUT2D eigenvalue weighted by Crippen LogP contribution is -2.30. The number of carbonyl (C=O) groups is 2. The Bertz CT molecular complexity index is 1780. The van der Waals surface area contributed by atoms with E-state index in [-0.39, 0.29) is 17.4 Å². The molecule has 7 heteroatoms. The minimum atomic E-state index is -0.926. The van der Waals surface area contributed by atoms with Crippen LogP contribution >= 0.6 is 0 Å². The molecule has 50 heavy (non-hydrogen) atoms. The van der Waals surface area contributed by atoms with E-state index in [4.69, 9.17) is 14.2 Å². The molecule has 262 valence electrons. The monoisotopic (exact) mass is 678 g/mol. The van der Waals surface area contributed by atoms with Gasteiger partial charge in [-0.2, -0.15) is 0 Å². The van der Waals surface area contributed by atoms with Gasteiger partial charge in [0.05, 0.1) is 0 Å². The first-order valence-corrected chi connectivity index (χ1v) is 17.9. The average Bonchev–Trinajstić information content (AvgIpc) is 3.14. The SMILES string of the molecule is Cc1ccc(C2(c3ccc(OC(=O)Oc4ccc(C5(c6ccc(OC(=O)OCCF)cc6)CCCCC5)cc4)c(C)c3)CCCCC2)cc1C. The van der Waals surface area contributed by atoms with Gasteiger partial charge in [0.15, 0.2) is 0 Å². The first kappa shape index (κ1) is 35.2. The number of halogens is 1. The number of alkyl halides is 1. The summed E-state index contributed by atoms with van der Waals surface area (Å²) in [6.07, 6.45) is 9.43. The van der Waals surface area contributed by atoms with Crippen molar-refractivity contribution in [2.45, 2.75) is 95.8 Å². The van der Waals surface area contributed by atoms with Crippen molar-refractivity contribution in [2.24, 2.45) is 0 Å². The van der Waals surface area contributed by atoms with Crippen LogP contribution in [0.25, 0.3) is 0 Å². The van der Waals surface area contributed by atoms with E-state index < -0.39 is 19.0 Å². The molecule has 0 atom stereocenters. The molecule has 0 N–H and O–H groups in total. The van der Waals surface area contributed by atoms with Gasteiger partial charge in [0.2, 0.25) is 0 Å². The van der Waals surface area contributed by atoms with Crippen LogP contribution in [0.2, 0.25) is 0 Å². The predicted molar refractivity (Wildman–Crippen MR) is 192 cm³/mol. The summed E-state index contributed by atoms with van der Waals surface area (Å²) >= 11 is 0. The largest absolute Gasteiger partial charge is 0.519 e. The summed E-state index contributed by atoms with van der Waals surface area (Å²) in [6, 6.07) is 28.2. The standard InChI is InChI=1S/C43H47FO6/c1-30-10-11-35(28-31(30)2)43(24-8-5-9-25-43)36-16-21-39(32(3)29-36)50-41(46)49-38-19-14-34(15-20-38)42(22-6-4-7-23-42)33-12-17-37(18-13-33)48-40(45)47-27-26-44/h10-21,28-29H,4-9,22-27H2,1-3H3. The van der Waals surface area contributed by atoms with Crippen molar-refractivity contribution in [3.63, 3.8) is 0 Å². The number of hydrogen-bond acceptors (Lipinski definition) is 6. The van der Waals surface area contributed by atoms with E-state index in [1.165, 1.54) is 47.9 Å². The highest BCUT2D eigenvalue weighted by Gasteiger charge is 2.37. The third-order valence-corrected chi connectivity index (χ3v) is 10.9. The number of carbonyl (C=O) groups excluding carboxylic acids is 2. The maximum atomic E-state index is 13.0. The van der Waals surface area contributed by atoms with Gasteiger partial charge >= 0.3 is 12.3 Å². The second kappa shape index (κ2) is 15.5. The molecule has 4 aromatic rings. The zero-order valence-corrected chi connectivity index (χ0v) is 29.4. The number of hydrogen-bond donors (Lipinski definition) is 0. The highest BCUT2D eigenvalue weighted by Crippen LogP contribution is 2.47. The third kappa shape index (κ3) is 7.57. The Morgan fingerprint density at radius 2 is 1.00 bits per heavy atom. The smallest absolute Gasteiger partial charge is 0.431 e. The Hall–Kier alpha value is -4.65. The molecule has 0 amide bonds. The summed E-state index contributed by atoms with van der Waals surface area (Å²) in [5, 5.41) is 0. The molecule has 0 aromatic heterocycles. The van der Waals surface area contributed by atoms with E-state index in [0.717, 1.165) is 55.2 Å². The average molecular weight is 679 g/mol. The summed E-state index contributed by atoms with van der Waals surface area (Å²) in [4.78, 5) is 24.8. The lowest BCUT2D eigenvalue weighted by molar-refractivity contribution is 0.0929.